The van der Waals surface area contributed by atoms with E-state index in [-0.39, 0.29) is 0 Å². The van der Waals surface area contributed by atoms with Crippen LogP contribution in [0.3, 0.4) is 0 Å². The summed E-state index contributed by atoms with van der Waals surface area (Å²) in [5, 5.41) is 12.0. The molecule has 0 spiro atoms. The molecule has 0 aliphatic carbocycles. The van der Waals surface area contributed by atoms with E-state index in [9.17, 15) is 0 Å². The Hall–Kier alpha value is -2.06. The molecular weight excluding hydrogens is 296 g/mol. The highest BCUT2D eigenvalue weighted by molar-refractivity contribution is 6.76. The average Bonchev–Trinajstić information content (AvgIpc) is 3.12. The number of rotatable bonds is 6. The van der Waals surface area contributed by atoms with Crippen molar-refractivity contribution >= 4 is 19.1 Å². The van der Waals surface area contributed by atoms with Gasteiger partial charge in [-0.1, -0.05) is 19.6 Å². The first-order valence-corrected chi connectivity index (χ1v) is 11.0. The monoisotopic (exact) mass is 316 g/mol. The number of hydrogen-bond acceptors (Lipinski definition) is 5. The van der Waals surface area contributed by atoms with Gasteiger partial charge < -0.3 is 4.74 Å². The highest BCUT2D eigenvalue weighted by Gasteiger charge is 2.14. The summed E-state index contributed by atoms with van der Waals surface area (Å²) in [5.41, 5.74) is 2.53. The zero-order chi connectivity index (χ0) is 15.6. The van der Waals surface area contributed by atoms with Gasteiger partial charge in [-0.3, -0.25) is 5.10 Å². The van der Waals surface area contributed by atoms with E-state index in [0.717, 1.165) is 34.9 Å². The standard InChI is InChI=1S/C14H20N6OSi/c1-22(2,3)5-4-21-10-20-14-12(8-19-20)13(15-9-16-14)11-6-17-18-7-11/h6-9H,4-5,10H2,1-3H3,(H,17,18). The third-order valence-corrected chi connectivity index (χ3v) is 5.12. The van der Waals surface area contributed by atoms with Crippen molar-refractivity contribution in [1.82, 2.24) is 29.9 Å². The van der Waals surface area contributed by atoms with Crippen LogP contribution in [0.5, 0.6) is 0 Å². The van der Waals surface area contributed by atoms with Gasteiger partial charge in [0.1, 0.15) is 13.1 Å². The first kappa shape index (κ1) is 14.9. The molecule has 0 fully saturated rings. The van der Waals surface area contributed by atoms with Gasteiger partial charge in [-0.2, -0.15) is 10.2 Å². The summed E-state index contributed by atoms with van der Waals surface area (Å²) in [5.74, 6) is 0. The number of aromatic nitrogens is 6. The fourth-order valence-corrected chi connectivity index (χ4v) is 2.88. The molecule has 0 saturated carbocycles. The number of fused-ring (bicyclic) bond motifs is 1. The maximum atomic E-state index is 5.75. The number of hydrogen-bond donors (Lipinski definition) is 1. The maximum absolute atomic E-state index is 5.75. The van der Waals surface area contributed by atoms with Gasteiger partial charge in [-0.15, -0.1) is 0 Å². The quantitative estimate of drug-likeness (QED) is 0.558. The predicted molar refractivity (Wildman–Crippen MR) is 87.0 cm³/mol. The second kappa shape index (κ2) is 5.97. The second-order valence-corrected chi connectivity index (χ2v) is 12.1. The minimum Gasteiger partial charge on any atom is -0.359 e. The predicted octanol–water partition coefficient (Wildman–Crippen LogP) is 2.53. The van der Waals surface area contributed by atoms with E-state index < -0.39 is 8.07 Å². The summed E-state index contributed by atoms with van der Waals surface area (Å²) in [4.78, 5) is 8.66. The van der Waals surface area contributed by atoms with Crippen molar-refractivity contribution in [1.29, 1.82) is 0 Å². The smallest absolute Gasteiger partial charge is 0.164 e. The summed E-state index contributed by atoms with van der Waals surface area (Å²) in [6.07, 6.45) is 6.87. The van der Waals surface area contributed by atoms with E-state index >= 15 is 0 Å². The molecule has 0 unspecified atom stereocenters. The fourth-order valence-electron chi connectivity index (χ4n) is 2.13. The van der Waals surface area contributed by atoms with E-state index in [1.165, 1.54) is 0 Å². The lowest BCUT2D eigenvalue weighted by Gasteiger charge is -2.15. The molecule has 0 bridgehead atoms. The molecule has 0 amide bonds. The van der Waals surface area contributed by atoms with Crippen molar-refractivity contribution in [3.05, 3.63) is 24.9 Å². The van der Waals surface area contributed by atoms with Crippen LogP contribution in [0.2, 0.25) is 25.7 Å². The molecule has 8 heteroatoms. The first-order chi connectivity index (χ1) is 10.5. The third-order valence-electron chi connectivity index (χ3n) is 3.42. The number of H-pyrrole nitrogens is 1. The molecule has 1 N–H and O–H groups in total. The van der Waals surface area contributed by atoms with Crippen molar-refractivity contribution in [3.63, 3.8) is 0 Å². The second-order valence-electron chi connectivity index (χ2n) is 6.44. The molecule has 3 rings (SSSR count). The van der Waals surface area contributed by atoms with Gasteiger partial charge >= 0.3 is 0 Å². The van der Waals surface area contributed by atoms with E-state index in [1.54, 1.807) is 23.4 Å². The minimum absolute atomic E-state index is 0.413. The molecule has 0 radical (unpaired) electrons. The molecule has 0 saturated heterocycles. The molecule has 0 atom stereocenters. The Labute approximate surface area is 129 Å². The van der Waals surface area contributed by atoms with Crippen molar-refractivity contribution in [3.8, 4) is 11.3 Å². The summed E-state index contributed by atoms with van der Waals surface area (Å²) in [7, 11) is -1.07. The van der Waals surface area contributed by atoms with Crippen LogP contribution in [0.15, 0.2) is 24.9 Å². The van der Waals surface area contributed by atoms with Crippen LogP contribution in [0.1, 0.15) is 0 Å². The molecule has 116 valence electrons. The van der Waals surface area contributed by atoms with E-state index in [2.05, 4.69) is 44.9 Å². The molecule has 3 aromatic heterocycles. The Kier molecular flexibility index (Phi) is 4.03. The average molecular weight is 316 g/mol. The fraction of sp³-hybridized carbons (Fsp3) is 0.429. The third kappa shape index (κ3) is 3.23. The van der Waals surface area contributed by atoms with Crippen molar-refractivity contribution in [2.24, 2.45) is 0 Å². The largest absolute Gasteiger partial charge is 0.359 e. The SMILES string of the molecule is C[Si](C)(C)CCOCn1ncc2c(-c3cn[nH]c3)ncnc21. The lowest BCUT2D eigenvalue weighted by atomic mass is 10.2. The van der Waals surface area contributed by atoms with E-state index in [4.69, 9.17) is 4.74 Å². The summed E-state index contributed by atoms with van der Waals surface area (Å²) in [6.45, 7) is 8.19. The van der Waals surface area contributed by atoms with Gasteiger partial charge in [0.15, 0.2) is 5.65 Å². The number of nitrogens with zero attached hydrogens (tertiary/aromatic N) is 5. The number of aromatic amines is 1. The topological polar surface area (TPSA) is 81.5 Å². The molecule has 3 heterocycles. The van der Waals surface area contributed by atoms with E-state index in [1.807, 2.05) is 6.20 Å². The zero-order valence-corrected chi connectivity index (χ0v) is 14.1. The number of nitrogens with one attached hydrogen (secondary N) is 1. The molecule has 0 aliphatic heterocycles. The van der Waals surface area contributed by atoms with Crippen LogP contribution in [0.4, 0.5) is 0 Å². The molecule has 22 heavy (non-hydrogen) atoms. The van der Waals surface area contributed by atoms with E-state index in [0.29, 0.717) is 6.73 Å². The highest BCUT2D eigenvalue weighted by Crippen LogP contribution is 2.23. The van der Waals surface area contributed by atoms with Crippen LogP contribution >= 0.6 is 0 Å². The van der Waals surface area contributed by atoms with Gasteiger partial charge in [-0.05, 0) is 6.04 Å². The van der Waals surface area contributed by atoms with Crippen molar-refractivity contribution in [2.75, 3.05) is 6.61 Å². The van der Waals surface area contributed by atoms with Crippen molar-refractivity contribution in [2.45, 2.75) is 32.4 Å². The van der Waals surface area contributed by atoms with Crippen LogP contribution in [0, 0.1) is 0 Å². The Morgan fingerprint density at radius 1 is 1.23 bits per heavy atom. The van der Waals surface area contributed by atoms with Crippen molar-refractivity contribution < 1.29 is 4.74 Å². The first-order valence-electron chi connectivity index (χ1n) is 7.28. The molecule has 0 aromatic carbocycles. The summed E-state index contributed by atoms with van der Waals surface area (Å²) < 4.78 is 7.52. The van der Waals surface area contributed by atoms with Crippen LogP contribution in [0.25, 0.3) is 22.3 Å². The Morgan fingerprint density at radius 2 is 2.09 bits per heavy atom. The Bertz CT molecular complexity index is 746. The Balaban J connectivity index is 1.77. The molecule has 7 nitrogen and oxygen atoms in total. The lowest BCUT2D eigenvalue weighted by molar-refractivity contribution is 0.0813. The minimum atomic E-state index is -1.07. The van der Waals surface area contributed by atoms with Crippen LogP contribution < -0.4 is 0 Å². The Morgan fingerprint density at radius 3 is 2.82 bits per heavy atom. The lowest BCUT2D eigenvalue weighted by Crippen LogP contribution is -2.22. The molecular formula is C14H20N6OSi. The summed E-state index contributed by atoms with van der Waals surface area (Å²) >= 11 is 0. The van der Waals surface area contributed by atoms with Gasteiger partial charge in [-0.25, -0.2) is 14.6 Å². The molecule has 3 aromatic rings. The molecule has 0 aliphatic rings. The highest BCUT2D eigenvalue weighted by atomic mass is 28.3. The van der Waals surface area contributed by atoms with Crippen LogP contribution in [-0.2, 0) is 11.5 Å². The number of ether oxygens (including phenoxy) is 1. The zero-order valence-electron chi connectivity index (χ0n) is 13.1. The van der Waals surface area contributed by atoms with Gasteiger partial charge in [0, 0.05) is 26.4 Å². The van der Waals surface area contributed by atoms with Gasteiger partial charge in [0.25, 0.3) is 0 Å². The summed E-state index contributed by atoms with van der Waals surface area (Å²) in [6, 6.07) is 1.14. The van der Waals surface area contributed by atoms with Crippen LogP contribution in [-0.4, -0.2) is 44.6 Å². The van der Waals surface area contributed by atoms with Gasteiger partial charge in [0.05, 0.1) is 23.5 Å². The van der Waals surface area contributed by atoms with Gasteiger partial charge in [0.2, 0.25) is 0 Å². The normalized spacial score (nSPS) is 12.1. The maximum Gasteiger partial charge on any atom is 0.164 e.